The van der Waals surface area contributed by atoms with Gasteiger partial charge in [0.05, 0.1) is 5.41 Å². The molecule has 2 heterocycles. The number of ether oxygens (including phenoxy) is 1. The predicted molar refractivity (Wildman–Crippen MR) is 143 cm³/mol. The van der Waals surface area contributed by atoms with Gasteiger partial charge in [-0.3, -0.25) is 4.79 Å². The van der Waals surface area contributed by atoms with Crippen LogP contribution < -0.4 is 9.64 Å². The number of nitrogens with zero attached hydrogens (tertiary/aromatic N) is 1. The van der Waals surface area contributed by atoms with Crippen molar-refractivity contribution in [1.82, 2.24) is 0 Å². The fourth-order valence-electron chi connectivity index (χ4n) is 5.72. The molecule has 0 saturated heterocycles. The molecule has 1 unspecified atom stereocenters. The van der Waals surface area contributed by atoms with Gasteiger partial charge in [0.1, 0.15) is 5.75 Å². The topological polar surface area (TPSA) is 29.5 Å². The molecule has 0 radical (unpaired) electrons. The van der Waals surface area contributed by atoms with E-state index in [1.54, 1.807) is 0 Å². The van der Waals surface area contributed by atoms with Gasteiger partial charge in [-0.15, -0.1) is 0 Å². The normalized spacial score (nSPS) is 21.3. The number of ketones is 1. The molecule has 0 N–H and O–H groups in total. The van der Waals surface area contributed by atoms with Crippen molar-refractivity contribution in [1.29, 1.82) is 0 Å². The molecule has 1 spiro atoms. The van der Waals surface area contributed by atoms with Crippen LogP contribution >= 0.6 is 0 Å². The highest BCUT2D eigenvalue weighted by Gasteiger charge is 2.57. The van der Waals surface area contributed by atoms with Gasteiger partial charge in [-0.2, -0.15) is 0 Å². The van der Waals surface area contributed by atoms with Crippen molar-refractivity contribution in [2.24, 2.45) is 0 Å². The van der Waals surface area contributed by atoms with Gasteiger partial charge in [0.25, 0.3) is 0 Å². The summed E-state index contributed by atoms with van der Waals surface area (Å²) >= 11 is 0. The summed E-state index contributed by atoms with van der Waals surface area (Å²) in [6, 6.07) is 22.0. The third-order valence-electron chi connectivity index (χ3n) is 7.82. The molecule has 174 valence electrons. The lowest BCUT2D eigenvalue weighted by Gasteiger charge is -2.45. The van der Waals surface area contributed by atoms with Gasteiger partial charge < -0.3 is 9.64 Å². The van der Waals surface area contributed by atoms with E-state index >= 15 is 0 Å². The Morgan fingerprint density at radius 1 is 0.914 bits per heavy atom. The summed E-state index contributed by atoms with van der Waals surface area (Å²) in [5.41, 5.74) is 6.12. The molecule has 0 aromatic heterocycles. The minimum absolute atomic E-state index is 0.0387. The minimum atomic E-state index is -0.678. The zero-order valence-corrected chi connectivity index (χ0v) is 20.4. The molecule has 3 nitrogen and oxygen atoms in total. The van der Waals surface area contributed by atoms with Crippen LogP contribution in [-0.2, 0) is 5.41 Å². The summed E-state index contributed by atoms with van der Waals surface area (Å²) in [5, 5.41) is 0. The Hall–Kier alpha value is -3.85. The summed E-state index contributed by atoms with van der Waals surface area (Å²) in [4.78, 5) is 15.4. The molecule has 0 amide bonds. The second kappa shape index (κ2) is 7.84. The van der Waals surface area contributed by atoms with Crippen LogP contribution in [0.4, 0.5) is 5.69 Å². The maximum Gasteiger partial charge on any atom is 0.211 e. The zero-order chi connectivity index (χ0) is 24.2. The first kappa shape index (κ1) is 21.7. The van der Waals surface area contributed by atoms with E-state index in [0.717, 1.165) is 35.4 Å². The second-order valence-corrected chi connectivity index (χ2v) is 10.1. The molecular weight excluding hydrogens is 430 g/mol. The molecule has 6 rings (SSSR count). The van der Waals surface area contributed by atoms with E-state index in [1.807, 2.05) is 42.5 Å². The molecule has 2 aliphatic heterocycles. The summed E-state index contributed by atoms with van der Waals surface area (Å²) in [5.74, 6) is 0.918. The Labute approximate surface area is 207 Å². The van der Waals surface area contributed by atoms with Gasteiger partial charge in [0.15, 0.2) is 5.78 Å². The SMILES string of the molecule is CN1c2ccc(C(=O)c3ccccc3)cc2C(C)(C)C12C=Cc1cc(C3=CCCC=C3)ccc1O2. The van der Waals surface area contributed by atoms with E-state index in [0.29, 0.717) is 11.1 Å². The molecule has 3 aromatic rings. The largest absolute Gasteiger partial charge is 0.463 e. The molecule has 0 bridgehead atoms. The number of allylic oxidation sites excluding steroid dienone is 4. The number of carbonyl (C=O) groups is 1. The molecule has 35 heavy (non-hydrogen) atoms. The fraction of sp³-hybridized carbons (Fsp3) is 0.219. The van der Waals surface area contributed by atoms with Crippen LogP contribution in [0.15, 0.2) is 91.0 Å². The number of hydrogen-bond acceptors (Lipinski definition) is 3. The smallest absolute Gasteiger partial charge is 0.211 e. The van der Waals surface area contributed by atoms with Gasteiger partial charge in [-0.05, 0) is 85.9 Å². The van der Waals surface area contributed by atoms with Gasteiger partial charge in [-0.25, -0.2) is 0 Å². The van der Waals surface area contributed by atoms with E-state index in [-0.39, 0.29) is 11.2 Å². The van der Waals surface area contributed by atoms with Crippen molar-refractivity contribution in [2.45, 2.75) is 37.8 Å². The van der Waals surface area contributed by atoms with Crippen LogP contribution in [0.2, 0.25) is 0 Å². The van der Waals surface area contributed by atoms with Crippen molar-refractivity contribution in [3.63, 3.8) is 0 Å². The third kappa shape index (κ3) is 3.22. The molecular formula is C32H29NO2. The van der Waals surface area contributed by atoms with Gasteiger partial charge in [-0.1, -0.05) is 54.6 Å². The lowest BCUT2D eigenvalue weighted by Crippen LogP contribution is -2.58. The first-order valence-corrected chi connectivity index (χ1v) is 12.3. The molecule has 3 heteroatoms. The van der Waals surface area contributed by atoms with E-state index < -0.39 is 5.72 Å². The Balaban J connectivity index is 1.37. The summed E-state index contributed by atoms with van der Waals surface area (Å²) in [6.45, 7) is 4.40. The van der Waals surface area contributed by atoms with Crippen molar-refractivity contribution in [2.75, 3.05) is 11.9 Å². The second-order valence-electron chi connectivity index (χ2n) is 10.1. The van der Waals surface area contributed by atoms with Crippen LogP contribution in [0.25, 0.3) is 11.6 Å². The maximum atomic E-state index is 13.2. The number of benzene rings is 3. The van der Waals surface area contributed by atoms with E-state index in [1.165, 1.54) is 11.1 Å². The average molecular weight is 460 g/mol. The molecule has 3 aromatic carbocycles. The van der Waals surface area contributed by atoms with Crippen LogP contribution in [0.3, 0.4) is 0 Å². The monoisotopic (exact) mass is 459 g/mol. The minimum Gasteiger partial charge on any atom is -0.463 e. The highest BCUT2D eigenvalue weighted by Crippen LogP contribution is 2.54. The molecule has 0 saturated carbocycles. The van der Waals surface area contributed by atoms with E-state index in [9.17, 15) is 4.79 Å². The van der Waals surface area contributed by atoms with Crippen LogP contribution in [0.5, 0.6) is 5.75 Å². The van der Waals surface area contributed by atoms with Crippen molar-refractivity contribution in [3.05, 3.63) is 119 Å². The Morgan fingerprint density at radius 3 is 2.51 bits per heavy atom. The molecule has 1 aliphatic carbocycles. The lowest BCUT2D eigenvalue weighted by atomic mass is 9.75. The Kier molecular flexibility index (Phi) is 4.86. The van der Waals surface area contributed by atoms with Gasteiger partial charge in [0.2, 0.25) is 5.72 Å². The summed E-state index contributed by atoms with van der Waals surface area (Å²) < 4.78 is 6.83. The van der Waals surface area contributed by atoms with Crippen LogP contribution in [0.1, 0.15) is 59.3 Å². The summed E-state index contributed by atoms with van der Waals surface area (Å²) in [6.07, 6.45) is 13.3. The average Bonchev–Trinajstić information content (AvgIpc) is 3.06. The third-order valence-corrected chi connectivity index (χ3v) is 7.82. The van der Waals surface area contributed by atoms with Crippen LogP contribution in [-0.4, -0.2) is 18.6 Å². The number of hydrogen-bond donors (Lipinski definition) is 0. The lowest BCUT2D eigenvalue weighted by molar-refractivity contribution is 0.0581. The zero-order valence-electron chi connectivity index (χ0n) is 20.4. The molecule has 0 fully saturated rings. The Bertz CT molecular complexity index is 1430. The number of rotatable bonds is 3. The first-order valence-electron chi connectivity index (χ1n) is 12.3. The number of anilines is 1. The molecule has 3 aliphatic rings. The van der Waals surface area contributed by atoms with Gasteiger partial charge in [0, 0.05) is 29.4 Å². The predicted octanol–water partition coefficient (Wildman–Crippen LogP) is 7.18. The number of fused-ring (bicyclic) bond motifs is 2. The Morgan fingerprint density at radius 2 is 1.74 bits per heavy atom. The van der Waals surface area contributed by atoms with Crippen molar-refractivity contribution in [3.8, 4) is 5.75 Å². The van der Waals surface area contributed by atoms with Crippen LogP contribution in [0, 0.1) is 0 Å². The maximum absolute atomic E-state index is 13.2. The van der Waals surface area contributed by atoms with E-state index in [4.69, 9.17) is 4.74 Å². The van der Waals surface area contributed by atoms with Crippen molar-refractivity contribution < 1.29 is 9.53 Å². The number of likely N-dealkylation sites (N-methyl/N-ethyl adjacent to an activating group) is 1. The highest BCUT2D eigenvalue weighted by molar-refractivity contribution is 6.09. The van der Waals surface area contributed by atoms with E-state index in [2.05, 4.69) is 80.4 Å². The summed E-state index contributed by atoms with van der Waals surface area (Å²) in [7, 11) is 2.08. The van der Waals surface area contributed by atoms with Crippen molar-refractivity contribution >= 4 is 23.1 Å². The van der Waals surface area contributed by atoms with Gasteiger partial charge >= 0.3 is 0 Å². The standard InChI is InChI=1S/C32H29NO2/c1-31(2)27-21-26(30(34)23-12-8-5-9-13-23)14-16-28(27)33(3)32(31)19-18-25-20-24(15-17-29(25)35-32)22-10-6-4-7-11-22/h5-6,8-21H,4,7H2,1-3H3. The molecule has 1 atom stereocenters. The quantitative estimate of drug-likeness (QED) is 0.389. The fourth-order valence-corrected chi connectivity index (χ4v) is 5.72. The number of carbonyl (C=O) groups excluding carboxylic acids is 1. The highest BCUT2D eigenvalue weighted by atomic mass is 16.5. The first-order chi connectivity index (χ1) is 16.9.